The van der Waals surface area contributed by atoms with Crippen LogP contribution in [0.2, 0.25) is 5.02 Å². The number of likely N-dealkylation sites (N-methyl/N-ethyl adjacent to an activating group) is 1. The second kappa shape index (κ2) is 9.85. The molecule has 0 radical (unpaired) electrons. The van der Waals surface area contributed by atoms with E-state index in [1.807, 2.05) is 67.5 Å². The molecule has 166 valence electrons. The fourth-order valence-electron chi connectivity index (χ4n) is 3.22. The zero-order chi connectivity index (χ0) is 22.7. The molecule has 1 unspecified atom stereocenters. The van der Waals surface area contributed by atoms with Crippen LogP contribution in [0.15, 0.2) is 64.2 Å². The van der Waals surface area contributed by atoms with Gasteiger partial charge in [-0.15, -0.1) is 5.06 Å². The monoisotopic (exact) mass is 515 g/mol. The first-order valence-corrected chi connectivity index (χ1v) is 11.3. The van der Waals surface area contributed by atoms with Gasteiger partial charge in [0.15, 0.2) is 6.17 Å². The van der Waals surface area contributed by atoms with E-state index >= 15 is 0 Å². The fourth-order valence-corrected chi connectivity index (χ4v) is 3.82. The van der Waals surface area contributed by atoms with Gasteiger partial charge in [-0.3, -0.25) is 0 Å². The lowest BCUT2D eigenvalue weighted by Crippen LogP contribution is -2.25. The first-order chi connectivity index (χ1) is 15.4. The fraction of sp³-hybridized carbons (Fsp3) is 0.261. The molecule has 0 spiro atoms. The van der Waals surface area contributed by atoms with E-state index in [2.05, 4.69) is 30.9 Å². The van der Waals surface area contributed by atoms with E-state index in [4.69, 9.17) is 21.2 Å². The molecule has 0 fully saturated rings. The van der Waals surface area contributed by atoms with E-state index in [1.165, 1.54) is 0 Å². The molecule has 9 heteroatoms. The van der Waals surface area contributed by atoms with Crippen molar-refractivity contribution in [1.29, 1.82) is 0 Å². The molecule has 0 saturated heterocycles. The van der Waals surface area contributed by atoms with Crippen LogP contribution in [0.1, 0.15) is 18.7 Å². The number of benzene rings is 2. The predicted octanol–water partition coefficient (Wildman–Crippen LogP) is 5.37. The summed E-state index contributed by atoms with van der Waals surface area (Å²) in [7, 11) is 3.97. The van der Waals surface area contributed by atoms with E-state index in [1.54, 1.807) is 18.2 Å². The maximum absolute atomic E-state index is 6.63. The molecule has 4 rings (SSSR count). The van der Waals surface area contributed by atoms with Gasteiger partial charge < -0.3 is 14.5 Å². The first-order valence-electron chi connectivity index (χ1n) is 10.1. The average Bonchev–Trinajstić information content (AvgIpc) is 3.17. The summed E-state index contributed by atoms with van der Waals surface area (Å²) in [6.07, 6.45) is 1.18. The minimum Gasteiger partial charge on any atom is -0.475 e. The molecule has 1 aliphatic heterocycles. The predicted molar refractivity (Wildman–Crippen MR) is 130 cm³/mol. The molecule has 2 aromatic carbocycles. The zero-order valence-electron chi connectivity index (χ0n) is 18.0. The van der Waals surface area contributed by atoms with Crippen molar-refractivity contribution < 1.29 is 9.57 Å². The standard InChI is InChI=1S/C23H23BrClN5O2/c1-15-27-21(17-9-10-18(20(25)13-17)16-7-5-4-6-8-16)30(32-15)23-26-14-19(24)22(28-23)31-12-11-29(2)3/h4-10,13-14,21H,11-12H2,1-3H3. The van der Waals surface area contributed by atoms with Gasteiger partial charge in [0.25, 0.3) is 5.95 Å². The Bertz CT molecular complexity index is 1130. The minimum atomic E-state index is -0.465. The van der Waals surface area contributed by atoms with E-state index in [-0.39, 0.29) is 0 Å². The Labute approximate surface area is 200 Å². The van der Waals surface area contributed by atoms with Crippen LogP contribution in [0, 0.1) is 0 Å². The van der Waals surface area contributed by atoms with E-state index in [9.17, 15) is 0 Å². The van der Waals surface area contributed by atoms with Crippen LogP contribution in [-0.4, -0.2) is 48.0 Å². The van der Waals surface area contributed by atoms with Crippen molar-refractivity contribution in [1.82, 2.24) is 14.9 Å². The van der Waals surface area contributed by atoms with Crippen molar-refractivity contribution in [2.75, 3.05) is 32.3 Å². The lowest BCUT2D eigenvalue weighted by atomic mass is 10.0. The highest BCUT2D eigenvalue weighted by Gasteiger charge is 2.32. The third-order valence-electron chi connectivity index (χ3n) is 4.81. The van der Waals surface area contributed by atoms with Gasteiger partial charge in [0.2, 0.25) is 11.8 Å². The quantitative estimate of drug-likeness (QED) is 0.421. The molecule has 1 aromatic heterocycles. The number of hydrogen-bond acceptors (Lipinski definition) is 7. The lowest BCUT2D eigenvalue weighted by Gasteiger charge is -2.22. The Morgan fingerprint density at radius 1 is 1.19 bits per heavy atom. The maximum atomic E-state index is 6.63. The highest BCUT2D eigenvalue weighted by atomic mass is 79.9. The number of hydrogen-bond donors (Lipinski definition) is 0. The maximum Gasteiger partial charge on any atom is 0.265 e. The molecular weight excluding hydrogens is 494 g/mol. The summed E-state index contributed by atoms with van der Waals surface area (Å²) < 4.78 is 6.49. The van der Waals surface area contributed by atoms with Gasteiger partial charge >= 0.3 is 0 Å². The summed E-state index contributed by atoms with van der Waals surface area (Å²) >= 11 is 10.1. The Balaban J connectivity index is 1.60. The summed E-state index contributed by atoms with van der Waals surface area (Å²) in [5, 5.41) is 2.20. The van der Waals surface area contributed by atoms with Crippen LogP contribution in [0.4, 0.5) is 5.95 Å². The van der Waals surface area contributed by atoms with E-state index < -0.39 is 6.17 Å². The van der Waals surface area contributed by atoms with Crippen molar-refractivity contribution in [2.45, 2.75) is 13.1 Å². The Kier molecular flexibility index (Phi) is 6.93. The molecule has 7 nitrogen and oxygen atoms in total. The van der Waals surface area contributed by atoms with Crippen LogP contribution in [-0.2, 0) is 4.84 Å². The van der Waals surface area contributed by atoms with Crippen LogP contribution < -0.4 is 9.80 Å². The number of aromatic nitrogens is 2. The van der Waals surface area contributed by atoms with E-state index in [0.717, 1.165) is 23.2 Å². The Hall–Kier alpha value is -2.68. The number of ether oxygens (including phenoxy) is 1. The van der Waals surface area contributed by atoms with Crippen molar-refractivity contribution in [3.05, 3.63) is 69.8 Å². The molecular formula is C23H23BrClN5O2. The largest absolute Gasteiger partial charge is 0.475 e. The summed E-state index contributed by atoms with van der Waals surface area (Å²) in [4.78, 5) is 21.5. The minimum absolute atomic E-state index is 0.349. The summed E-state index contributed by atoms with van der Waals surface area (Å²) in [6.45, 7) is 3.06. The highest BCUT2D eigenvalue weighted by molar-refractivity contribution is 9.10. The topological polar surface area (TPSA) is 63.1 Å². The van der Waals surface area contributed by atoms with Gasteiger partial charge in [-0.25, -0.2) is 9.98 Å². The highest BCUT2D eigenvalue weighted by Crippen LogP contribution is 2.36. The Morgan fingerprint density at radius 3 is 2.69 bits per heavy atom. The van der Waals surface area contributed by atoms with Gasteiger partial charge in [0.05, 0.1) is 10.7 Å². The van der Waals surface area contributed by atoms with Crippen LogP contribution in [0.5, 0.6) is 5.88 Å². The summed E-state index contributed by atoms with van der Waals surface area (Å²) in [5.74, 6) is 1.31. The van der Waals surface area contributed by atoms with Gasteiger partial charge in [-0.1, -0.05) is 54.1 Å². The van der Waals surface area contributed by atoms with Gasteiger partial charge in [0, 0.05) is 29.6 Å². The molecule has 0 aliphatic carbocycles. The first kappa shape index (κ1) is 22.5. The Morgan fingerprint density at radius 2 is 1.97 bits per heavy atom. The molecule has 0 saturated carbocycles. The van der Waals surface area contributed by atoms with Crippen molar-refractivity contribution >= 4 is 39.4 Å². The molecule has 0 amide bonds. The van der Waals surface area contributed by atoms with Crippen LogP contribution >= 0.6 is 27.5 Å². The van der Waals surface area contributed by atoms with Gasteiger partial charge in [-0.05, 0) is 41.7 Å². The smallest absolute Gasteiger partial charge is 0.265 e. The SMILES string of the molecule is CC1=NC(c2ccc(-c3ccccc3)c(Cl)c2)N(c2ncc(Br)c(OCCN(C)C)n2)O1. The van der Waals surface area contributed by atoms with Crippen LogP contribution in [0.3, 0.4) is 0 Å². The molecule has 1 atom stereocenters. The van der Waals surface area contributed by atoms with Crippen molar-refractivity contribution in [2.24, 2.45) is 4.99 Å². The van der Waals surface area contributed by atoms with Crippen molar-refractivity contribution in [3.8, 4) is 17.0 Å². The normalized spacial score (nSPS) is 15.6. The summed E-state index contributed by atoms with van der Waals surface area (Å²) in [6, 6.07) is 15.9. The lowest BCUT2D eigenvalue weighted by molar-refractivity contribution is 0.242. The van der Waals surface area contributed by atoms with Gasteiger partial charge in [-0.2, -0.15) is 4.98 Å². The second-order valence-corrected chi connectivity index (χ2v) is 8.78. The molecule has 1 aliphatic rings. The number of aliphatic imine (C=N–C) groups is 1. The second-order valence-electron chi connectivity index (χ2n) is 7.52. The number of hydroxylamine groups is 1. The third-order valence-corrected chi connectivity index (χ3v) is 5.66. The average molecular weight is 517 g/mol. The number of nitrogens with zero attached hydrogens (tertiary/aromatic N) is 5. The number of rotatable bonds is 7. The third kappa shape index (κ3) is 5.03. The van der Waals surface area contributed by atoms with Crippen molar-refractivity contribution in [3.63, 3.8) is 0 Å². The molecule has 0 N–H and O–H groups in total. The molecule has 2 heterocycles. The molecule has 0 bridgehead atoms. The van der Waals surface area contributed by atoms with Crippen LogP contribution in [0.25, 0.3) is 11.1 Å². The van der Waals surface area contributed by atoms with E-state index in [0.29, 0.717) is 33.8 Å². The number of halogens is 2. The zero-order valence-corrected chi connectivity index (χ0v) is 20.3. The number of anilines is 1. The van der Waals surface area contributed by atoms with Gasteiger partial charge in [0.1, 0.15) is 6.61 Å². The molecule has 3 aromatic rings. The molecule has 32 heavy (non-hydrogen) atoms. The summed E-state index contributed by atoms with van der Waals surface area (Å²) in [5.41, 5.74) is 2.88.